The smallest absolute Gasteiger partial charge is 0.0550 e. The number of hydrogen-bond donors (Lipinski definition) is 2. The second kappa shape index (κ2) is 5.85. The van der Waals surface area contributed by atoms with Gasteiger partial charge < -0.3 is 11.1 Å². The van der Waals surface area contributed by atoms with Gasteiger partial charge in [-0.2, -0.15) is 0 Å². The molecule has 14 heavy (non-hydrogen) atoms. The molecule has 0 aliphatic carbocycles. The van der Waals surface area contributed by atoms with Crippen molar-refractivity contribution in [1.29, 1.82) is 0 Å². The molecule has 0 aliphatic heterocycles. The van der Waals surface area contributed by atoms with Crippen molar-refractivity contribution in [2.45, 2.75) is 19.9 Å². The largest absolute Gasteiger partial charge is 0.329 e. The maximum atomic E-state index is 5.74. The molecular weight excluding hydrogens is 260 g/mol. The van der Waals surface area contributed by atoms with Gasteiger partial charge in [-0.25, -0.2) is 0 Å². The number of nitrogens with one attached hydrogen (secondary N) is 1. The van der Waals surface area contributed by atoms with E-state index in [-0.39, 0.29) is 6.04 Å². The Morgan fingerprint density at radius 1 is 1.57 bits per heavy atom. The van der Waals surface area contributed by atoms with E-state index < -0.39 is 0 Å². The lowest BCUT2D eigenvalue weighted by Gasteiger charge is -2.17. The molecule has 80 valence electrons. The highest BCUT2D eigenvalue weighted by atomic mass is 79.9. The standard InChI is InChI=1S/C10H17BrN2S/c1-7(2)6-13-9(5-12)10-8(11)3-4-14-10/h3-4,7,9,13H,5-6,12H2,1-2H3. The molecule has 1 atom stereocenters. The predicted molar refractivity (Wildman–Crippen MR) is 66.7 cm³/mol. The molecule has 0 saturated heterocycles. The van der Waals surface area contributed by atoms with Gasteiger partial charge >= 0.3 is 0 Å². The fourth-order valence-corrected chi connectivity index (χ4v) is 2.95. The first-order valence-corrected chi connectivity index (χ1v) is 6.48. The van der Waals surface area contributed by atoms with Crippen molar-refractivity contribution in [2.24, 2.45) is 11.7 Å². The van der Waals surface area contributed by atoms with E-state index in [4.69, 9.17) is 5.73 Å². The summed E-state index contributed by atoms with van der Waals surface area (Å²) in [5.41, 5.74) is 5.74. The fraction of sp³-hybridized carbons (Fsp3) is 0.600. The van der Waals surface area contributed by atoms with Crippen LogP contribution in [0.2, 0.25) is 0 Å². The molecular formula is C10H17BrN2S. The third kappa shape index (κ3) is 3.35. The van der Waals surface area contributed by atoms with Crippen molar-refractivity contribution in [3.63, 3.8) is 0 Å². The summed E-state index contributed by atoms with van der Waals surface area (Å²) in [4.78, 5) is 1.30. The van der Waals surface area contributed by atoms with Gasteiger partial charge in [-0.1, -0.05) is 13.8 Å². The van der Waals surface area contributed by atoms with Crippen LogP contribution >= 0.6 is 27.3 Å². The van der Waals surface area contributed by atoms with E-state index in [9.17, 15) is 0 Å². The Hall–Kier alpha value is 0.100. The van der Waals surface area contributed by atoms with E-state index >= 15 is 0 Å². The minimum atomic E-state index is 0.284. The minimum absolute atomic E-state index is 0.284. The van der Waals surface area contributed by atoms with Gasteiger partial charge in [0.15, 0.2) is 0 Å². The zero-order valence-corrected chi connectivity index (χ0v) is 11.0. The molecule has 0 aliphatic rings. The molecule has 0 saturated carbocycles. The molecule has 1 unspecified atom stereocenters. The van der Waals surface area contributed by atoms with Gasteiger partial charge in [0.05, 0.1) is 6.04 Å². The highest BCUT2D eigenvalue weighted by molar-refractivity contribution is 9.10. The fourth-order valence-electron chi connectivity index (χ4n) is 1.22. The summed E-state index contributed by atoms with van der Waals surface area (Å²) in [5.74, 6) is 0.655. The Morgan fingerprint density at radius 2 is 2.29 bits per heavy atom. The number of rotatable bonds is 5. The van der Waals surface area contributed by atoms with E-state index in [1.807, 2.05) is 0 Å². The lowest BCUT2D eigenvalue weighted by Crippen LogP contribution is -2.30. The average molecular weight is 277 g/mol. The van der Waals surface area contributed by atoms with Gasteiger partial charge in [0.25, 0.3) is 0 Å². The van der Waals surface area contributed by atoms with Gasteiger partial charge in [0.2, 0.25) is 0 Å². The van der Waals surface area contributed by atoms with Gasteiger partial charge in [-0.15, -0.1) is 11.3 Å². The lowest BCUT2D eigenvalue weighted by atomic mass is 10.2. The van der Waals surface area contributed by atoms with Crippen LogP contribution in [0.15, 0.2) is 15.9 Å². The molecule has 0 spiro atoms. The highest BCUT2D eigenvalue weighted by Gasteiger charge is 2.13. The minimum Gasteiger partial charge on any atom is -0.329 e. The second-order valence-electron chi connectivity index (χ2n) is 3.72. The van der Waals surface area contributed by atoms with E-state index in [0.29, 0.717) is 12.5 Å². The van der Waals surface area contributed by atoms with Crippen LogP contribution in [0.5, 0.6) is 0 Å². The SMILES string of the molecule is CC(C)CNC(CN)c1sccc1Br. The summed E-state index contributed by atoms with van der Waals surface area (Å²) >= 11 is 5.27. The Balaban J connectivity index is 2.58. The molecule has 1 aromatic heterocycles. The summed E-state index contributed by atoms with van der Waals surface area (Å²) in [7, 11) is 0. The van der Waals surface area contributed by atoms with Crippen molar-refractivity contribution >= 4 is 27.3 Å². The van der Waals surface area contributed by atoms with Crippen molar-refractivity contribution < 1.29 is 0 Å². The number of halogens is 1. The van der Waals surface area contributed by atoms with Crippen LogP contribution < -0.4 is 11.1 Å². The van der Waals surface area contributed by atoms with E-state index in [1.165, 1.54) is 4.88 Å². The van der Waals surface area contributed by atoms with Crippen molar-refractivity contribution in [2.75, 3.05) is 13.1 Å². The van der Waals surface area contributed by atoms with E-state index in [0.717, 1.165) is 11.0 Å². The summed E-state index contributed by atoms with van der Waals surface area (Å²) in [6, 6.07) is 2.35. The van der Waals surface area contributed by atoms with Crippen LogP contribution in [0, 0.1) is 5.92 Å². The van der Waals surface area contributed by atoms with Gasteiger partial charge in [-0.3, -0.25) is 0 Å². The normalized spacial score (nSPS) is 13.5. The molecule has 0 aromatic carbocycles. The summed E-state index contributed by atoms with van der Waals surface area (Å²) in [6.45, 7) is 6.05. The first kappa shape index (κ1) is 12.2. The highest BCUT2D eigenvalue weighted by Crippen LogP contribution is 2.28. The third-order valence-corrected chi connectivity index (χ3v) is 3.95. The van der Waals surface area contributed by atoms with E-state index in [2.05, 4.69) is 46.5 Å². The molecule has 0 fully saturated rings. The Kier molecular flexibility index (Phi) is 5.09. The van der Waals surface area contributed by atoms with Gasteiger partial charge in [0.1, 0.15) is 0 Å². The third-order valence-electron chi connectivity index (χ3n) is 1.97. The monoisotopic (exact) mass is 276 g/mol. The maximum absolute atomic E-state index is 5.74. The van der Waals surface area contributed by atoms with Crippen LogP contribution in [0.1, 0.15) is 24.8 Å². The second-order valence-corrected chi connectivity index (χ2v) is 5.53. The predicted octanol–water partition coefficient (Wildman–Crippen LogP) is 2.76. The first-order chi connectivity index (χ1) is 6.65. The Morgan fingerprint density at radius 3 is 2.71 bits per heavy atom. The Bertz CT molecular complexity index is 273. The summed E-state index contributed by atoms with van der Waals surface area (Å²) in [5, 5.41) is 5.55. The summed E-state index contributed by atoms with van der Waals surface area (Å²) < 4.78 is 1.16. The van der Waals surface area contributed by atoms with Crippen LogP contribution in [0.4, 0.5) is 0 Å². The molecule has 3 N–H and O–H groups in total. The van der Waals surface area contributed by atoms with Crippen LogP contribution in [-0.2, 0) is 0 Å². The van der Waals surface area contributed by atoms with Gasteiger partial charge in [-0.05, 0) is 39.8 Å². The number of thiophene rings is 1. The van der Waals surface area contributed by atoms with Crippen LogP contribution in [0.25, 0.3) is 0 Å². The van der Waals surface area contributed by atoms with Gasteiger partial charge in [0, 0.05) is 15.9 Å². The molecule has 0 radical (unpaired) electrons. The molecule has 2 nitrogen and oxygen atoms in total. The quantitative estimate of drug-likeness (QED) is 0.868. The van der Waals surface area contributed by atoms with Crippen LogP contribution in [-0.4, -0.2) is 13.1 Å². The first-order valence-electron chi connectivity index (χ1n) is 4.81. The molecule has 1 rings (SSSR count). The topological polar surface area (TPSA) is 38.0 Å². The molecule has 4 heteroatoms. The number of nitrogens with two attached hydrogens (primary N) is 1. The molecule has 0 amide bonds. The molecule has 0 bridgehead atoms. The zero-order valence-electron chi connectivity index (χ0n) is 8.59. The zero-order chi connectivity index (χ0) is 10.6. The summed E-state index contributed by atoms with van der Waals surface area (Å²) in [6.07, 6.45) is 0. The maximum Gasteiger partial charge on any atom is 0.0550 e. The van der Waals surface area contributed by atoms with E-state index in [1.54, 1.807) is 11.3 Å². The van der Waals surface area contributed by atoms with Crippen molar-refractivity contribution in [3.05, 3.63) is 20.8 Å². The van der Waals surface area contributed by atoms with Crippen molar-refractivity contribution in [3.8, 4) is 0 Å². The molecule has 1 aromatic rings. The molecule has 1 heterocycles. The lowest BCUT2D eigenvalue weighted by molar-refractivity contribution is 0.483. The number of hydrogen-bond acceptors (Lipinski definition) is 3. The average Bonchev–Trinajstić information content (AvgIpc) is 2.53. The Labute approximate surface area is 98.0 Å². The van der Waals surface area contributed by atoms with Crippen molar-refractivity contribution in [1.82, 2.24) is 5.32 Å². The van der Waals surface area contributed by atoms with Crippen LogP contribution in [0.3, 0.4) is 0 Å².